The Morgan fingerprint density at radius 3 is 1.06 bits per heavy atom. The van der Waals surface area contributed by atoms with Gasteiger partial charge in [-0.15, -0.1) is 0 Å². The number of halogens is 6. The van der Waals surface area contributed by atoms with E-state index in [-0.39, 0.29) is 129 Å². The van der Waals surface area contributed by atoms with Gasteiger partial charge in [-0.1, -0.05) is 113 Å². The zero-order chi connectivity index (χ0) is 102. The van der Waals surface area contributed by atoms with E-state index in [9.17, 15) is 73.8 Å². The summed E-state index contributed by atoms with van der Waals surface area (Å²) in [5, 5.41) is 62.2. The highest BCUT2D eigenvalue weighted by molar-refractivity contribution is 7.91. The summed E-state index contributed by atoms with van der Waals surface area (Å²) in [4.78, 5) is 90.6. The second-order valence-corrected chi connectivity index (χ2v) is 40.3. The van der Waals surface area contributed by atoms with Crippen molar-refractivity contribution in [3.8, 4) is 0 Å². The van der Waals surface area contributed by atoms with Crippen molar-refractivity contribution in [2.24, 2.45) is 5.73 Å². The summed E-state index contributed by atoms with van der Waals surface area (Å²) < 4.78 is 131. The highest BCUT2D eigenvalue weighted by Crippen LogP contribution is 2.43. The average Bonchev–Trinajstić information content (AvgIpc) is 0.834. The molecule has 0 bridgehead atoms. The smallest absolute Gasteiger partial charge is 0.335 e. The van der Waals surface area contributed by atoms with Crippen LogP contribution in [0.2, 0.25) is 30.1 Å². The Bertz CT molecular complexity index is 5260. The molecule has 772 valence electrons. The number of imide groups is 2. The van der Waals surface area contributed by atoms with Crippen LogP contribution < -0.4 is 31.1 Å². The summed E-state index contributed by atoms with van der Waals surface area (Å²) in [6.07, 6.45) is -5.60. The van der Waals surface area contributed by atoms with Crippen molar-refractivity contribution in [2.75, 3.05) is 192 Å². The molecule has 0 radical (unpaired) electrons. The lowest BCUT2D eigenvalue weighted by Gasteiger charge is -2.33. The molecule has 7 unspecified atom stereocenters. The molecule has 38 nitrogen and oxygen atoms in total. The quantitative estimate of drug-likeness (QED) is 0.0143. The molecular formula is C92H125Cl6N9O29S3. The first kappa shape index (κ1) is 120. The standard InChI is InChI=1S/C31H43Cl2N3O9S.C25H33Cl2NO5S.C24H33Cl2N3O5S.2C4H5NO2.C4H6O6/c1-3-5-28(37)29(38)30(39)31(40)34-8-10-43-12-14-45-15-13-44-11-9-35-46(41,42)23-7-4-6-21(16-23)25-19-36(2)20-26-24(25)17-22(32)18-27(26)33;1-3-31-9-10-33-12-11-32-8-5-13-34(29,30)21-7-4-6-19(14-21)23-17-28(2)18-24-22(23)15-20(26)16-25(24)27;1-29-16-22(21-14-19(25)15-24(26)23(21)17-29)18-3-2-4-20(13-18)35(30,31)28-6-8-33-10-12-34-11-9-32-7-5-27;2*6-3-1-2-4(7)5-3;5-1(3(7)8)2(6)4(9)10/h4,6-7,16-18,25,29-30,35,38-39H,3,5,8-15,19-20H2,1-2H3,(H,34,40);4,6-7,14-16,23H,3,5,8-13,17-18H2,1-2H3;2-4,13-15,22,28H,5-12,16-17,27H2,1H3;2*1-2H2,(H,5,6,7);1-2,5-6H,(H,7,8)(H,9,10). The van der Waals surface area contributed by atoms with Crippen molar-refractivity contribution in [1.82, 2.24) is 40.1 Å². The van der Waals surface area contributed by atoms with Gasteiger partial charge in [0.2, 0.25) is 43.7 Å². The molecule has 6 aromatic carbocycles. The van der Waals surface area contributed by atoms with Crippen LogP contribution in [0.3, 0.4) is 0 Å². The third kappa shape index (κ3) is 42.4. The first-order chi connectivity index (χ1) is 66.1. The number of ketones is 1. The minimum Gasteiger partial charge on any atom is -0.479 e. The van der Waals surface area contributed by atoms with Crippen LogP contribution in [0.1, 0.15) is 127 Å². The van der Waals surface area contributed by atoms with Crippen LogP contribution in [-0.4, -0.2) is 334 Å². The predicted molar refractivity (Wildman–Crippen MR) is 519 cm³/mol. The van der Waals surface area contributed by atoms with Crippen LogP contribution in [0.15, 0.2) is 124 Å². The number of sulfone groups is 1. The number of rotatable bonds is 50. The Morgan fingerprint density at radius 1 is 0.424 bits per heavy atom. The van der Waals surface area contributed by atoms with Gasteiger partial charge in [-0.25, -0.2) is 44.3 Å². The third-order valence-electron chi connectivity index (χ3n) is 21.2. The molecule has 5 amide bonds. The van der Waals surface area contributed by atoms with E-state index >= 15 is 0 Å². The van der Waals surface area contributed by atoms with Gasteiger partial charge in [0, 0.05) is 159 Å². The van der Waals surface area contributed by atoms with Crippen LogP contribution in [0.4, 0.5) is 0 Å². The van der Waals surface area contributed by atoms with E-state index in [0.717, 1.165) is 69.7 Å². The van der Waals surface area contributed by atoms with Gasteiger partial charge < -0.3 is 99.0 Å². The number of likely N-dealkylation sites (N-methyl/N-ethyl adjacent to an activating group) is 3. The van der Waals surface area contributed by atoms with Crippen molar-refractivity contribution < 1.29 is 137 Å². The number of carbonyl (C=O) groups is 8. The van der Waals surface area contributed by atoms with E-state index in [1.165, 1.54) is 0 Å². The molecule has 5 aliphatic heterocycles. The van der Waals surface area contributed by atoms with Crippen LogP contribution in [0.5, 0.6) is 0 Å². The fourth-order valence-electron chi connectivity index (χ4n) is 14.3. The molecule has 6 aromatic rings. The van der Waals surface area contributed by atoms with Crippen LogP contribution in [-0.2, 0) is 131 Å². The van der Waals surface area contributed by atoms with E-state index in [1.54, 1.807) is 79.7 Å². The number of carboxylic acids is 2. The largest absolute Gasteiger partial charge is 0.479 e. The normalized spacial score (nSPS) is 16.8. The number of aliphatic carboxylic acids is 2. The summed E-state index contributed by atoms with van der Waals surface area (Å²) >= 11 is 38.3. The summed E-state index contributed by atoms with van der Waals surface area (Å²) in [5.74, 6) is -5.67. The molecule has 0 aromatic heterocycles. The number of carboxylic acid groups (broad SMARTS) is 2. The zero-order valence-electron chi connectivity index (χ0n) is 77.9. The topological polar surface area (TPSA) is 539 Å². The molecule has 13 N–H and O–H groups in total. The fraction of sp³-hybridized carbons (Fsp3) is 0.522. The number of aliphatic hydroxyl groups excluding tert-OH is 4. The number of nitrogens with two attached hydrogens (primary N) is 1. The van der Waals surface area contributed by atoms with Gasteiger partial charge in [0.1, 0.15) is 6.10 Å². The van der Waals surface area contributed by atoms with Crippen LogP contribution in [0, 0.1) is 0 Å². The number of fused-ring (bicyclic) bond motifs is 3. The van der Waals surface area contributed by atoms with Gasteiger partial charge in [0.05, 0.1) is 126 Å². The monoisotopic (exact) mass is 2130 g/mol. The van der Waals surface area contributed by atoms with E-state index in [4.69, 9.17) is 138 Å². The van der Waals surface area contributed by atoms with Crippen molar-refractivity contribution in [1.29, 1.82) is 0 Å². The van der Waals surface area contributed by atoms with Gasteiger partial charge >= 0.3 is 11.9 Å². The summed E-state index contributed by atoms with van der Waals surface area (Å²) in [7, 11) is -4.85. The van der Waals surface area contributed by atoms with E-state index < -0.39 is 77.9 Å². The number of ether oxygens (including phenoxy) is 9. The summed E-state index contributed by atoms with van der Waals surface area (Å²) in [6, 6.07) is 32.1. The first-order valence-electron chi connectivity index (χ1n) is 44.7. The Balaban J connectivity index is 0.000000286. The lowest BCUT2D eigenvalue weighted by molar-refractivity contribution is -0.165. The Kier molecular flexibility index (Phi) is 54.4. The van der Waals surface area contributed by atoms with E-state index in [0.29, 0.717) is 172 Å². The predicted octanol–water partition coefficient (Wildman–Crippen LogP) is 6.49. The molecule has 2 fully saturated rings. The number of hydrogen-bond donors (Lipinski definition) is 12. The molecule has 0 saturated carbocycles. The number of nitrogens with zero attached hydrogens (tertiary/aromatic N) is 3. The van der Waals surface area contributed by atoms with Gasteiger partial charge in [-0.2, -0.15) is 0 Å². The minimum absolute atomic E-state index is 0.00819. The highest BCUT2D eigenvalue weighted by atomic mass is 35.5. The van der Waals surface area contributed by atoms with Gasteiger partial charge in [0.25, 0.3) is 5.91 Å². The summed E-state index contributed by atoms with van der Waals surface area (Å²) in [6.45, 7) is 15.7. The number of sulfonamides is 2. The lowest BCUT2D eigenvalue weighted by atomic mass is 9.85. The van der Waals surface area contributed by atoms with Crippen molar-refractivity contribution in [2.45, 2.75) is 135 Å². The molecule has 5 aliphatic rings. The number of benzene rings is 6. The number of aliphatic hydroxyl groups is 4. The molecule has 0 aliphatic carbocycles. The molecule has 11 rings (SSSR count). The Hall–Kier alpha value is -7.49. The zero-order valence-corrected chi connectivity index (χ0v) is 84.9. The van der Waals surface area contributed by atoms with Crippen molar-refractivity contribution in [3.05, 3.63) is 189 Å². The lowest BCUT2D eigenvalue weighted by Crippen LogP contribution is -2.46. The number of Topliss-reactive ketones (excluding diaryl/α,β-unsaturated/α-hetero) is 1. The fourth-order valence-corrected chi connectivity index (χ4v) is 19.5. The Labute approximate surface area is 840 Å². The maximum absolute atomic E-state index is 13.0. The first-order valence-corrected chi connectivity index (χ1v) is 51.5. The van der Waals surface area contributed by atoms with Crippen molar-refractivity contribution in [3.63, 3.8) is 0 Å². The van der Waals surface area contributed by atoms with Gasteiger partial charge in [0.15, 0.2) is 33.9 Å². The SMILES string of the molecule is CCCC(=O)C(O)C(O)C(=O)NCCOCCOCCOCCNS(=O)(=O)c1cccc(C2CN(C)Cc3c(Cl)cc(Cl)cc32)c1.CCOCCOCCOCCCS(=O)(=O)c1cccc(C2CN(C)Cc3c(Cl)cc(Cl)cc32)c1.CN1Cc2c(Cl)cc(Cl)cc2C(c2cccc(S(=O)(=O)NCCOCCOCCOCCN)c2)C1.O=C(O)C(O)C(O)C(=O)O.O=C1CCC(=O)N1.O=C1CCC(=O)N1. The van der Waals surface area contributed by atoms with Crippen LogP contribution >= 0.6 is 69.6 Å². The number of nitrogens with one attached hydrogen (secondary N) is 5. The van der Waals surface area contributed by atoms with Gasteiger partial charge in [-0.3, -0.25) is 39.4 Å². The van der Waals surface area contributed by atoms with Crippen LogP contribution in [0.25, 0.3) is 0 Å². The molecule has 47 heteroatoms. The molecular weight excluding hydrogens is 2000 g/mol. The number of amides is 5. The second-order valence-electron chi connectivity index (χ2n) is 32.1. The van der Waals surface area contributed by atoms with Gasteiger partial charge in [-0.05, 0) is 164 Å². The molecule has 2 saturated heterocycles. The Morgan fingerprint density at radius 2 is 0.741 bits per heavy atom. The third-order valence-corrected chi connectivity index (χ3v) is 27.6. The molecule has 0 spiro atoms. The maximum atomic E-state index is 13.0. The second kappa shape index (κ2) is 62.9. The van der Waals surface area contributed by atoms with E-state index in [1.807, 2.05) is 64.5 Å². The molecule has 5 heterocycles. The number of carbonyl (C=O) groups excluding carboxylic acids is 6. The molecule has 7 atom stereocenters. The number of hydrogen-bond acceptors (Lipinski definition) is 31. The summed E-state index contributed by atoms with van der Waals surface area (Å²) in [5.41, 5.74) is 14.2. The van der Waals surface area contributed by atoms with E-state index in [2.05, 4.69) is 40.1 Å². The highest BCUT2D eigenvalue weighted by Gasteiger charge is 2.35. The minimum atomic E-state index is -3.77. The maximum Gasteiger partial charge on any atom is 0.335 e. The average molecular weight is 2130 g/mol. The van der Waals surface area contributed by atoms with Crippen molar-refractivity contribution >= 4 is 147 Å². The molecule has 139 heavy (non-hydrogen) atoms.